The molecule has 2 amide bonds. The van der Waals surface area contributed by atoms with E-state index in [0.29, 0.717) is 13.0 Å². The average Bonchev–Trinajstić information content (AvgIpc) is 2.56. The maximum atomic E-state index is 13.2. The fourth-order valence-corrected chi connectivity index (χ4v) is 2.42. The number of nitrogens with one attached hydrogen (secondary N) is 1. The molecule has 2 atom stereocenters. The SMILES string of the molecule is CN(C)C(=O)CO[C@@H]1COCC[C@H]1NC(=O)c1ccc(F)c(Cl)c1. The molecule has 0 spiro atoms. The lowest BCUT2D eigenvalue weighted by atomic mass is 10.1. The quantitative estimate of drug-likeness (QED) is 0.865. The Kier molecular flexibility index (Phi) is 6.53. The Hall–Kier alpha value is -1.70. The van der Waals surface area contributed by atoms with Gasteiger partial charge in [0.05, 0.1) is 17.7 Å². The number of carbonyl (C=O) groups excluding carboxylic acids is 2. The van der Waals surface area contributed by atoms with Crippen molar-refractivity contribution in [2.45, 2.75) is 18.6 Å². The molecule has 1 aliphatic heterocycles. The van der Waals surface area contributed by atoms with E-state index in [9.17, 15) is 14.0 Å². The molecule has 1 fully saturated rings. The van der Waals surface area contributed by atoms with E-state index in [4.69, 9.17) is 21.1 Å². The van der Waals surface area contributed by atoms with Crippen LogP contribution >= 0.6 is 11.6 Å². The zero-order valence-corrected chi connectivity index (χ0v) is 14.3. The zero-order valence-electron chi connectivity index (χ0n) is 13.6. The highest BCUT2D eigenvalue weighted by atomic mass is 35.5. The summed E-state index contributed by atoms with van der Waals surface area (Å²) in [5.41, 5.74) is 0.260. The van der Waals surface area contributed by atoms with E-state index >= 15 is 0 Å². The van der Waals surface area contributed by atoms with Crippen molar-refractivity contribution in [3.8, 4) is 0 Å². The molecule has 1 aromatic carbocycles. The number of amides is 2. The minimum absolute atomic E-state index is 0.0875. The lowest BCUT2D eigenvalue weighted by Crippen LogP contribution is -2.50. The number of halogens is 2. The topological polar surface area (TPSA) is 67.9 Å². The van der Waals surface area contributed by atoms with E-state index in [1.54, 1.807) is 14.1 Å². The predicted molar refractivity (Wildman–Crippen MR) is 86.5 cm³/mol. The van der Waals surface area contributed by atoms with Gasteiger partial charge in [-0.25, -0.2) is 4.39 Å². The molecule has 2 rings (SSSR count). The van der Waals surface area contributed by atoms with Gasteiger partial charge in [-0.3, -0.25) is 9.59 Å². The highest BCUT2D eigenvalue weighted by Gasteiger charge is 2.29. The van der Waals surface area contributed by atoms with Gasteiger partial charge >= 0.3 is 0 Å². The van der Waals surface area contributed by atoms with Gasteiger partial charge in [-0.15, -0.1) is 0 Å². The van der Waals surface area contributed by atoms with Crippen molar-refractivity contribution in [1.82, 2.24) is 10.2 Å². The molecule has 0 saturated carbocycles. The molecule has 24 heavy (non-hydrogen) atoms. The van der Waals surface area contributed by atoms with Crippen molar-refractivity contribution in [3.05, 3.63) is 34.6 Å². The Balaban J connectivity index is 1.98. The number of benzene rings is 1. The molecule has 0 radical (unpaired) electrons. The van der Waals surface area contributed by atoms with E-state index in [-0.39, 0.29) is 41.7 Å². The summed E-state index contributed by atoms with van der Waals surface area (Å²) >= 11 is 5.70. The van der Waals surface area contributed by atoms with Gasteiger partial charge in [0.25, 0.3) is 5.91 Å². The third-order valence-corrected chi connectivity index (χ3v) is 4.01. The fraction of sp³-hybridized carbons (Fsp3) is 0.500. The number of ether oxygens (including phenoxy) is 2. The molecule has 1 aromatic rings. The van der Waals surface area contributed by atoms with Crippen LogP contribution < -0.4 is 5.32 Å². The van der Waals surface area contributed by atoms with Gasteiger partial charge in [0.2, 0.25) is 5.91 Å². The van der Waals surface area contributed by atoms with E-state index in [1.165, 1.54) is 17.0 Å². The number of likely N-dealkylation sites (N-methyl/N-ethyl adjacent to an activating group) is 1. The maximum absolute atomic E-state index is 13.2. The van der Waals surface area contributed by atoms with Gasteiger partial charge in [0.15, 0.2) is 0 Å². The third kappa shape index (κ3) is 4.90. The summed E-state index contributed by atoms with van der Waals surface area (Å²) in [6, 6.07) is 3.48. The summed E-state index contributed by atoms with van der Waals surface area (Å²) in [4.78, 5) is 25.4. The minimum Gasteiger partial charge on any atom is -0.379 e. The van der Waals surface area contributed by atoms with E-state index in [2.05, 4.69) is 5.32 Å². The Bertz CT molecular complexity index is 612. The zero-order chi connectivity index (χ0) is 17.7. The highest BCUT2D eigenvalue weighted by Crippen LogP contribution is 2.17. The Morgan fingerprint density at radius 1 is 1.46 bits per heavy atom. The van der Waals surface area contributed by atoms with Crippen LogP contribution in [-0.2, 0) is 14.3 Å². The number of hydrogen-bond acceptors (Lipinski definition) is 4. The van der Waals surface area contributed by atoms with Crippen LogP contribution in [-0.4, -0.2) is 62.8 Å². The molecule has 1 saturated heterocycles. The summed E-state index contributed by atoms with van der Waals surface area (Å²) < 4.78 is 24.1. The lowest BCUT2D eigenvalue weighted by molar-refractivity contribution is -0.140. The first-order chi connectivity index (χ1) is 11.4. The third-order valence-electron chi connectivity index (χ3n) is 3.72. The van der Waals surface area contributed by atoms with Crippen LogP contribution in [0, 0.1) is 5.82 Å². The Morgan fingerprint density at radius 3 is 2.88 bits per heavy atom. The Labute approximate surface area is 144 Å². The van der Waals surface area contributed by atoms with Crippen LogP contribution in [0.3, 0.4) is 0 Å². The Morgan fingerprint density at radius 2 is 2.21 bits per heavy atom. The number of rotatable bonds is 5. The van der Waals surface area contributed by atoms with Gasteiger partial charge in [-0.1, -0.05) is 11.6 Å². The summed E-state index contributed by atoms with van der Waals surface area (Å²) in [6.45, 7) is 0.683. The molecule has 0 aromatic heterocycles. The van der Waals surface area contributed by atoms with Gasteiger partial charge in [-0.2, -0.15) is 0 Å². The van der Waals surface area contributed by atoms with Crippen LogP contribution in [0.1, 0.15) is 16.8 Å². The molecule has 0 unspecified atom stereocenters. The van der Waals surface area contributed by atoms with Crippen molar-refractivity contribution in [2.24, 2.45) is 0 Å². The monoisotopic (exact) mass is 358 g/mol. The summed E-state index contributed by atoms with van der Waals surface area (Å²) in [5.74, 6) is -1.13. The largest absolute Gasteiger partial charge is 0.379 e. The van der Waals surface area contributed by atoms with Gasteiger partial charge < -0.3 is 19.7 Å². The molecule has 1 heterocycles. The van der Waals surface area contributed by atoms with Crippen LogP contribution in [0.5, 0.6) is 0 Å². The van der Waals surface area contributed by atoms with Crippen LogP contribution in [0.4, 0.5) is 4.39 Å². The summed E-state index contributed by atoms with van der Waals surface area (Å²) in [7, 11) is 3.28. The van der Waals surface area contributed by atoms with Crippen molar-refractivity contribution >= 4 is 23.4 Å². The molecule has 6 nitrogen and oxygen atoms in total. The second-order valence-corrected chi connectivity index (χ2v) is 6.12. The number of hydrogen-bond donors (Lipinski definition) is 1. The molecule has 1 aliphatic rings. The molecular weight excluding hydrogens is 339 g/mol. The van der Waals surface area contributed by atoms with Crippen molar-refractivity contribution in [1.29, 1.82) is 0 Å². The standard InChI is InChI=1S/C16H20ClFN2O4/c1-20(2)15(21)9-24-14-8-23-6-5-13(14)19-16(22)10-3-4-12(18)11(17)7-10/h3-4,7,13-14H,5-6,8-9H2,1-2H3,(H,19,22)/t13-,14-/m1/s1. The van der Waals surface area contributed by atoms with Crippen molar-refractivity contribution < 1.29 is 23.5 Å². The molecule has 8 heteroatoms. The predicted octanol–water partition coefficient (Wildman–Crippen LogP) is 1.47. The minimum atomic E-state index is -0.581. The fourth-order valence-electron chi connectivity index (χ4n) is 2.24. The second-order valence-electron chi connectivity index (χ2n) is 5.71. The highest BCUT2D eigenvalue weighted by molar-refractivity contribution is 6.31. The molecule has 132 valence electrons. The van der Waals surface area contributed by atoms with Crippen LogP contribution in [0.15, 0.2) is 18.2 Å². The van der Waals surface area contributed by atoms with Crippen molar-refractivity contribution in [2.75, 3.05) is 33.9 Å². The maximum Gasteiger partial charge on any atom is 0.251 e. The number of carbonyl (C=O) groups is 2. The first-order valence-corrected chi connectivity index (χ1v) is 7.91. The average molecular weight is 359 g/mol. The summed E-state index contributed by atoms with van der Waals surface area (Å²) in [6.07, 6.45) is 0.129. The second kappa shape index (κ2) is 8.41. The first-order valence-electron chi connectivity index (χ1n) is 7.54. The van der Waals surface area contributed by atoms with Crippen LogP contribution in [0.2, 0.25) is 5.02 Å². The summed E-state index contributed by atoms with van der Waals surface area (Å²) in [5, 5.41) is 2.72. The molecule has 0 bridgehead atoms. The molecule has 1 N–H and O–H groups in total. The molecular formula is C16H20ClFN2O4. The van der Waals surface area contributed by atoms with E-state index in [0.717, 1.165) is 6.07 Å². The van der Waals surface area contributed by atoms with Gasteiger partial charge in [0, 0.05) is 26.3 Å². The van der Waals surface area contributed by atoms with Gasteiger partial charge in [-0.05, 0) is 24.6 Å². The smallest absolute Gasteiger partial charge is 0.251 e. The molecule has 0 aliphatic carbocycles. The van der Waals surface area contributed by atoms with Crippen LogP contribution in [0.25, 0.3) is 0 Å². The normalized spacial score (nSPS) is 20.5. The van der Waals surface area contributed by atoms with E-state index < -0.39 is 11.9 Å². The van der Waals surface area contributed by atoms with E-state index in [1.807, 2.05) is 0 Å². The van der Waals surface area contributed by atoms with Crippen molar-refractivity contribution in [3.63, 3.8) is 0 Å². The first kappa shape index (κ1) is 18.6. The number of nitrogens with zero attached hydrogens (tertiary/aromatic N) is 1. The van der Waals surface area contributed by atoms with Gasteiger partial charge in [0.1, 0.15) is 18.5 Å². The lowest BCUT2D eigenvalue weighted by Gasteiger charge is -2.32.